The number of carbonyl (C=O) groups is 1. The molecule has 0 saturated heterocycles. The highest BCUT2D eigenvalue weighted by Crippen LogP contribution is 2.33. The summed E-state index contributed by atoms with van der Waals surface area (Å²) in [6.07, 6.45) is -2.93. The van der Waals surface area contributed by atoms with Gasteiger partial charge in [-0.05, 0) is 6.42 Å². The Morgan fingerprint density at radius 2 is 2.18 bits per heavy atom. The van der Waals surface area contributed by atoms with Gasteiger partial charge in [0, 0.05) is 13.6 Å². The van der Waals surface area contributed by atoms with Gasteiger partial charge in [0.05, 0.1) is 5.51 Å². The summed E-state index contributed by atoms with van der Waals surface area (Å²) in [5.74, 6) is -0.617. The number of nitrogens with zero attached hydrogens (tertiary/aromatic N) is 2. The summed E-state index contributed by atoms with van der Waals surface area (Å²) >= 11 is 0.724. The molecule has 0 radical (unpaired) electrons. The molecule has 1 amide bonds. The van der Waals surface area contributed by atoms with Crippen LogP contribution in [0.2, 0.25) is 0 Å². The summed E-state index contributed by atoms with van der Waals surface area (Å²) in [5, 5.41) is 0. The van der Waals surface area contributed by atoms with Gasteiger partial charge >= 0.3 is 6.18 Å². The van der Waals surface area contributed by atoms with Gasteiger partial charge < -0.3 is 4.90 Å². The number of rotatable bonds is 4. The molecule has 1 aromatic rings. The van der Waals surface area contributed by atoms with Crippen LogP contribution in [-0.2, 0) is 6.18 Å². The van der Waals surface area contributed by atoms with E-state index in [2.05, 4.69) is 4.98 Å². The Labute approximate surface area is 101 Å². The number of amides is 1. The summed E-state index contributed by atoms with van der Waals surface area (Å²) in [5.41, 5.74) is -0.0418. The largest absolute Gasteiger partial charge is 0.434 e. The first-order valence-electron chi connectivity index (χ1n) is 5.14. The van der Waals surface area contributed by atoms with E-state index in [0.717, 1.165) is 29.7 Å². The fourth-order valence-electron chi connectivity index (χ4n) is 1.27. The van der Waals surface area contributed by atoms with Crippen molar-refractivity contribution in [1.82, 2.24) is 9.88 Å². The van der Waals surface area contributed by atoms with Gasteiger partial charge in [0.15, 0.2) is 5.69 Å². The third-order valence-electron chi connectivity index (χ3n) is 2.22. The van der Waals surface area contributed by atoms with Crippen LogP contribution >= 0.6 is 11.3 Å². The molecular formula is C10H13F3N2OS. The molecule has 0 atom stereocenters. The summed E-state index contributed by atoms with van der Waals surface area (Å²) in [6.45, 7) is 2.40. The maximum Gasteiger partial charge on any atom is 0.434 e. The normalized spacial score (nSPS) is 11.6. The number of thiazole rings is 1. The van der Waals surface area contributed by atoms with Gasteiger partial charge in [-0.15, -0.1) is 11.3 Å². The van der Waals surface area contributed by atoms with Crippen molar-refractivity contribution in [3.05, 3.63) is 16.1 Å². The molecule has 0 N–H and O–H groups in total. The molecule has 0 fully saturated rings. The van der Waals surface area contributed by atoms with Gasteiger partial charge in [-0.1, -0.05) is 13.3 Å². The molecule has 17 heavy (non-hydrogen) atoms. The van der Waals surface area contributed by atoms with Crippen LogP contribution in [-0.4, -0.2) is 29.4 Å². The Hall–Kier alpha value is -1.11. The maximum atomic E-state index is 12.5. The molecule has 1 aromatic heterocycles. The lowest BCUT2D eigenvalue weighted by atomic mass is 10.3. The van der Waals surface area contributed by atoms with Crippen LogP contribution in [0.25, 0.3) is 0 Å². The second kappa shape index (κ2) is 5.48. The first kappa shape index (κ1) is 14.0. The zero-order valence-electron chi connectivity index (χ0n) is 9.54. The zero-order valence-corrected chi connectivity index (χ0v) is 10.4. The molecule has 3 nitrogen and oxygen atoms in total. The van der Waals surface area contributed by atoms with Crippen LogP contribution in [0.3, 0.4) is 0 Å². The smallest absolute Gasteiger partial charge is 0.341 e. The van der Waals surface area contributed by atoms with Crippen molar-refractivity contribution < 1.29 is 18.0 Å². The molecule has 0 aliphatic carbocycles. The van der Waals surface area contributed by atoms with E-state index in [1.54, 1.807) is 0 Å². The van der Waals surface area contributed by atoms with Crippen LogP contribution in [0.4, 0.5) is 13.2 Å². The van der Waals surface area contributed by atoms with E-state index in [4.69, 9.17) is 0 Å². The Balaban J connectivity index is 2.86. The number of carbonyl (C=O) groups excluding carboxylic acids is 1. The SMILES string of the molecule is CCCCN(C)C(=O)c1scnc1C(F)(F)F. The minimum atomic E-state index is -4.57. The lowest BCUT2D eigenvalue weighted by Gasteiger charge is -2.16. The van der Waals surface area contributed by atoms with E-state index in [0.29, 0.717) is 6.54 Å². The van der Waals surface area contributed by atoms with Crippen molar-refractivity contribution in [3.8, 4) is 0 Å². The predicted octanol–water partition coefficient (Wildman–Crippen LogP) is 3.03. The Morgan fingerprint density at radius 1 is 1.53 bits per heavy atom. The Bertz CT molecular complexity index is 389. The van der Waals surface area contributed by atoms with Gasteiger partial charge in [0.2, 0.25) is 0 Å². The van der Waals surface area contributed by atoms with Gasteiger partial charge in [-0.25, -0.2) is 4.98 Å². The molecular weight excluding hydrogens is 253 g/mol. The minimum Gasteiger partial charge on any atom is -0.341 e. The lowest BCUT2D eigenvalue weighted by molar-refractivity contribution is -0.141. The molecule has 7 heteroatoms. The summed E-state index contributed by atoms with van der Waals surface area (Å²) in [7, 11) is 1.50. The molecule has 1 heterocycles. The number of aromatic nitrogens is 1. The molecule has 1 rings (SSSR count). The molecule has 0 saturated carbocycles. The number of alkyl halides is 3. The fourth-order valence-corrected chi connectivity index (χ4v) is 2.07. The monoisotopic (exact) mass is 266 g/mol. The van der Waals surface area contributed by atoms with Gasteiger partial charge in [0.1, 0.15) is 4.88 Å². The van der Waals surface area contributed by atoms with Crippen molar-refractivity contribution in [2.45, 2.75) is 25.9 Å². The number of hydrogen-bond acceptors (Lipinski definition) is 3. The predicted molar refractivity (Wildman–Crippen MR) is 59.0 cm³/mol. The van der Waals surface area contributed by atoms with E-state index in [9.17, 15) is 18.0 Å². The molecule has 0 aliphatic rings. The highest BCUT2D eigenvalue weighted by molar-refractivity contribution is 7.11. The second-order valence-corrected chi connectivity index (χ2v) is 4.46. The van der Waals surface area contributed by atoms with E-state index < -0.39 is 17.8 Å². The van der Waals surface area contributed by atoms with Crippen LogP contribution in [0, 0.1) is 0 Å². The number of unbranched alkanes of at least 4 members (excludes halogenated alkanes) is 1. The quantitative estimate of drug-likeness (QED) is 0.839. The van der Waals surface area contributed by atoms with E-state index in [1.165, 1.54) is 11.9 Å². The Morgan fingerprint density at radius 3 is 2.71 bits per heavy atom. The van der Waals surface area contributed by atoms with Crippen molar-refractivity contribution in [2.75, 3.05) is 13.6 Å². The van der Waals surface area contributed by atoms with E-state index in [1.807, 2.05) is 6.92 Å². The molecule has 0 bridgehead atoms. The van der Waals surface area contributed by atoms with Crippen LogP contribution in [0.5, 0.6) is 0 Å². The third kappa shape index (κ3) is 3.42. The van der Waals surface area contributed by atoms with Gasteiger partial charge in [-0.2, -0.15) is 13.2 Å². The zero-order chi connectivity index (χ0) is 13.1. The number of hydrogen-bond donors (Lipinski definition) is 0. The molecule has 0 aliphatic heterocycles. The molecule has 0 unspecified atom stereocenters. The van der Waals surface area contributed by atoms with Crippen LogP contribution in [0.15, 0.2) is 5.51 Å². The first-order valence-corrected chi connectivity index (χ1v) is 6.02. The molecule has 0 spiro atoms. The van der Waals surface area contributed by atoms with Gasteiger partial charge in [0.25, 0.3) is 5.91 Å². The molecule has 96 valence electrons. The third-order valence-corrected chi connectivity index (χ3v) is 3.04. The highest BCUT2D eigenvalue weighted by Gasteiger charge is 2.38. The summed E-state index contributed by atoms with van der Waals surface area (Å²) in [6, 6.07) is 0. The summed E-state index contributed by atoms with van der Waals surface area (Å²) < 4.78 is 37.6. The standard InChI is InChI=1S/C10H13F3N2OS/c1-3-4-5-15(2)9(16)7-8(10(11,12)13)14-6-17-7/h6H,3-5H2,1-2H3. The van der Waals surface area contributed by atoms with Crippen molar-refractivity contribution >= 4 is 17.2 Å². The lowest BCUT2D eigenvalue weighted by Crippen LogP contribution is -2.28. The average Bonchev–Trinajstić information content (AvgIpc) is 2.73. The topological polar surface area (TPSA) is 33.2 Å². The van der Waals surface area contributed by atoms with Crippen molar-refractivity contribution in [3.63, 3.8) is 0 Å². The first-order chi connectivity index (χ1) is 7.88. The Kier molecular flexibility index (Phi) is 4.50. The van der Waals surface area contributed by atoms with Crippen molar-refractivity contribution in [1.29, 1.82) is 0 Å². The van der Waals surface area contributed by atoms with Crippen LogP contribution < -0.4 is 0 Å². The highest BCUT2D eigenvalue weighted by atomic mass is 32.1. The number of halogens is 3. The van der Waals surface area contributed by atoms with E-state index >= 15 is 0 Å². The molecule has 0 aromatic carbocycles. The van der Waals surface area contributed by atoms with Gasteiger partial charge in [-0.3, -0.25) is 4.79 Å². The van der Waals surface area contributed by atoms with E-state index in [-0.39, 0.29) is 4.88 Å². The minimum absolute atomic E-state index is 0.337. The maximum absolute atomic E-state index is 12.5. The van der Waals surface area contributed by atoms with Crippen molar-refractivity contribution in [2.24, 2.45) is 0 Å². The average molecular weight is 266 g/mol. The fraction of sp³-hybridized carbons (Fsp3) is 0.600. The summed E-state index contributed by atoms with van der Waals surface area (Å²) in [4.78, 5) is 16.0. The second-order valence-electron chi connectivity index (χ2n) is 3.61. The van der Waals surface area contributed by atoms with Crippen LogP contribution in [0.1, 0.15) is 35.1 Å².